The van der Waals surface area contributed by atoms with Crippen LogP contribution in [0.5, 0.6) is 0 Å². The predicted octanol–water partition coefficient (Wildman–Crippen LogP) is 3.68. The molecule has 2 rings (SSSR count). The normalized spacial score (nSPS) is 12.8. The van der Waals surface area contributed by atoms with Crippen LogP contribution in [0, 0.1) is 6.92 Å². The zero-order valence-electron chi connectivity index (χ0n) is 12.0. The topological polar surface area (TPSA) is 20.3 Å². The van der Waals surface area contributed by atoms with E-state index in [1.807, 2.05) is 46.9 Å². The van der Waals surface area contributed by atoms with Crippen LogP contribution in [-0.4, -0.2) is 24.4 Å². The Kier molecular flexibility index (Phi) is 7.27. The molecule has 17 heavy (non-hydrogen) atoms. The van der Waals surface area contributed by atoms with Crippen molar-refractivity contribution < 1.29 is 4.79 Å². The lowest BCUT2D eigenvalue weighted by atomic mass is 9.95. The van der Waals surface area contributed by atoms with Gasteiger partial charge >= 0.3 is 0 Å². The van der Waals surface area contributed by atoms with Crippen LogP contribution in [0.3, 0.4) is 0 Å². The number of carbonyl (C=O) groups excluding carboxylic acids is 1. The molecule has 0 bridgehead atoms. The quantitative estimate of drug-likeness (QED) is 0.672. The fourth-order valence-corrected chi connectivity index (χ4v) is 1.82. The molecular weight excluding hydrogens is 210 g/mol. The maximum Gasteiger partial charge on any atom is 0.253 e. The molecule has 1 aliphatic rings. The number of benzene rings is 1. The molecule has 0 aromatic heterocycles. The smallest absolute Gasteiger partial charge is 0.253 e. The fraction of sp³-hybridized carbons (Fsp3) is 0.533. The Morgan fingerprint density at radius 2 is 1.71 bits per heavy atom. The van der Waals surface area contributed by atoms with E-state index in [4.69, 9.17) is 0 Å². The SMILES string of the molecule is CC.CC.Cc1cccc2c1CCN(C)C2=O. The highest BCUT2D eigenvalue weighted by Gasteiger charge is 2.21. The fourth-order valence-electron chi connectivity index (χ4n) is 1.82. The second-order valence-electron chi connectivity index (χ2n) is 3.58. The minimum Gasteiger partial charge on any atom is -0.341 e. The zero-order chi connectivity index (χ0) is 13.4. The summed E-state index contributed by atoms with van der Waals surface area (Å²) in [4.78, 5) is 13.5. The van der Waals surface area contributed by atoms with Gasteiger partial charge in [0, 0.05) is 19.2 Å². The Balaban J connectivity index is 0.000000581. The summed E-state index contributed by atoms with van der Waals surface area (Å²) in [5.74, 6) is 0.157. The first-order valence-electron chi connectivity index (χ1n) is 6.54. The van der Waals surface area contributed by atoms with E-state index in [0.29, 0.717) is 0 Å². The van der Waals surface area contributed by atoms with Gasteiger partial charge in [-0.2, -0.15) is 0 Å². The molecule has 0 radical (unpaired) electrons. The van der Waals surface area contributed by atoms with E-state index in [0.717, 1.165) is 18.5 Å². The van der Waals surface area contributed by atoms with E-state index in [2.05, 4.69) is 13.0 Å². The van der Waals surface area contributed by atoms with Crippen molar-refractivity contribution in [1.82, 2.24) is 4.90 Å². The van der Waals surface area contributed by atoms with Gasteiger partial charge in [0.2, 0.25) is 0 Å². The highest BCUT2D eigenvalue weighted by molar-refractivity contribution is 5.96. The van der Waals surface area contributed by atoms with Gasteiger partial charge < -0.3 is 4.90 Å². The minimum absolute atomic E-state index is 0.157. The third-order valence-corrected chi connectivity index (χ3v) is 2.68. The predicted molar refractivity (Wildman–Crippen MR) is 74.5 cm³/mol. The van der Waals surface area contributed by atoms with Crippen LogP contribution in [0.1, 0.15) is 49.2 Å². The number of hydrogen-bond acceptors (Lipinski definition) is 1. The van der Waals surface area contributed by atoms with Gasteiger partial charge in [-0.3, -0.25) is 4.79 Å². The molecule has 0 saturated heterocycles. The number of likely N-dealkylation sites (N-methyl/N-ethyl adjacent to an activating group) is 1. The lowest BCUT2D eigenvalue weighted by molar-refractivity contribution is 0.0780. The van der Waals surface area contributed by atoms with Crippen molar-refractivity contribution in [1.29, 1.82) is 0 Å². The molecule has 1 heterocycles. The highest BCUT2D eigenvalue weighted by Crippen LogP contribution is 2.20. The van der Waals surface area contributed by atoms with E-state index < -0.39 is 0 Å². The number of hydrogen-bond donors (Lipinski definition) is 0. The summed E-state index contributed by atoms with van der Waals surface area (Å²) in [6.07, 6.45) is 0.990. The molecule has 0 aliphatic carbocycles. The molecule has 1 amide bonds. The van der Waals surface area contributed by atoms with Gasteiger partial charge in [-0.15, -0.1) is 0 Å². The van der Waals surface area contributed by atoms with E-state index in [1.54, 1.807) is 4.90 Å². The largest absolute Gasteiger partial charge is 0.341 e. The first kappa shape index (κ1) is 15.7. The molecular formula is C15H25NO. The van der Waals surface area contributed by atoms with Gasteiger partial charge in [-0.25, -0.2) is 0 Å². The molecule has 2 nitrogen and oxygen atoms in total. The van der Waals surface area contributed by atoms with Crippen LogP contribution in [-0.2, 0) is 6.42 Å². The van der Waals surface area contributed by atoms with E-state index in [1.165, 1.54) is 11.1 Å². The lowest BCUT2D eigenvalue weighted by Crippen LogP contribution is -2.34. The molecule has 1 aliphatic heterocycles. The third-order valence-electron chi connectivity index (χ3n) is 2.68. The molecule has 0 spiro atoms. The van der Waals surface area contributed by atoms with Crippen molar-refractivity contribution in [3.8, 4) is 0 Å². The first-order chi connectivity index (χ1) is 8.20. The molecule has 96 valence electrons. The molecule has 0 N–H and O–H groups in total. The van der Waals surface area contributed by atoms with Crippen molar-refractivity contribution in [2.24, 2.45) is 0 Å². The molecule has 0 saturated carbocycles. The zero-order valence-corrected chi connectivity index (χ0v) is 12.0. The van der Waals surface area contributed by atoms with E-state index >= 15 is 0 Å². The molecule has 0 unspecified atom stereocenters. The number of carbonyl (C=O) groups is 1. The Bertz CT molecular complexity index is 358. The average Bonchev–Trinajstić information content (AvgIpc) is 2.39. The average molecular weight is 235 g/mol. The monoisotopic (exact) mass is 235 g/mol. The standard InChI is InChI=1S/C11H13NO.2C2H6/c1-8-4-3-5-10-9(8)6-7-12(2)11(10)13;2*1-2/h3-5H,6-7H2,1-2H3;2*1-2H3. The lowest BCUT2D eigenvalue weighted by Gasteiger charge is -2.25. The minimum atomic E-state index is 0.157. The number of nitrogens with zero attached hydrogens (tertiary/aromatic N) is 1. The van der Waals surface area contributed by atoms with Crippen molar-refractivity contribution >= 4 is 5.91 Å². The van der Waals surface area contributed by atoms with Crippen molar-refractivity contribution in [3.63, 3.8) is 0 Å². The summed E-state index contributed by atoms with van der Waals surface area (Å²) in [6, 6.07) is 5.93. The van der Waals surface area contributed by atoms with Gasteiger partial charge in [-0.05, 0) is 30.5 Å². The van der Waals surface area contributed by atoms with Crippen LogP contribution in [0.25, 0.3) is 0 Å². The first-order valence-corrected chi connectivity index (χ1v) is 6.54. The second-order valence-corrected chi connectivity index (χ2v) is 3.58. The highest BCUT2D eigenvalue weighted by atomic mass is 16.2. The maximum atomic E-state index is 11.7. The molecule has 1 aromatic rings. The molecule has 1 aromatic carbocycles. The van der Waals surface area contributed by atoms with Gasteiger partial charge in [0.15, 0.2) is 0 Å². The van der Waals surface area contributed by atoms with Crippen molar-refractivity contribution in [2.75, 3.05) is 13.6 Å². The summed E-state index contributed by atoms with van der Waals surface area (Å²) < 4.78 is 0. The van der Waals surface area contributed by atoms with Crippen LogP contribution < -0.4 is 0 Å². The summed E-state index contributed by atoms with van der Waals surface area (Å²) in [6.45, 7) is 10.9. The van der Waals surface area contributed by atoms with Crippen molar-refractivity contribution in [2.45, 2.75) is 41.0 Å². The van der Waals surface area contributed by atoms with Crippen LogP contribution in [0.15, 0.2) is 18.2 Å². The van der Waals surface area contributed by atoms with Gasteiger partial charge in [-0.1, -0.05) is 39.8 Å². The van der Waals surface area contributed by atoms with Gasteiger partial charge in [0.1, 0.15) is 0 Å². The number of fused-ring (bicyclic) bond motifs is 1. The van der Waals surface area contributed by atoms with Crippen LogP contribution >= 0.6 is 0 Å². The molecule has 0 atom stereocenters. The summed E-state index contributed by atoms with van der Waals surface area (Å²) in [7, 11) is 1.85. The summed E-state index contributed by atoms with van der Waals surface area (Å²) in [5, 5.41) is 0. The number of aryl methyl sites for hydroxylation is 1. The Labute approximate surface area is 106 Å². The third kappa shape index (κ3) is 3.58. The van der Waals surface area contributed by atoms with Crippen LogP contribution in [0.4, 0.5) is 0 Å². The van der Waals surface area contributed by atoms with Crippen LogP contribution in [0.2, 0.25) is 0 Å². The van der Waals surface area contributed by atoms with Crippen molar-refractivity contribution in [3.05, 3.63) is 34.9 Å². The number of rotatable bonds is 0. The Hall–Kier alpha value is -1.31. The second kappa shape index (κ2) is 7.88. The van der Waals surface area contributed by atoms with Gasteiger partial charge in [0.25, 0.3) is 5.91 Å². The summed E-state index contributed by atoms with van der Waals surface area (Å²) in [5.41, 5.74) is 3.35. The Morgan fingerprint density at radius 3 is 2.29 bits per heavy atom. The number of amides is 1. The van der Waals surface area contributed by atoms with Gasteiger partial charge in [0.05, 0.1) is 0 Å². The molecule has 0 fully saturated rings. The maximum absolute atomic E-state index is 11.7. The van der Waals surface area contributed by atoms with E-state index in [-0.39, 0.29) is 5.91 Å². The summed E-state index contributed by atoms with van der Waals surface area (Å²) >= 11 is 0. The molecule has 2 heteroatoms. The Morgan fingerprint density at radius 1 is 1.12 bits per heavy atom. The van der Waals surface area contributed by atoms with E-state index in [9.17, 15) is 4.79 Å².